The van der Waals surface area contributed by atoms with Crippen molar-refractivity contribution in [2.24, 2.45) is 0 Å². The third-order valence-corrected chi connectivity index (χ3v) is 5.81. The molecule has 0 spiro atoms. The number of nitrogens with zero attached hydrogens (tertiary/aromatic N) is 1. The molecule has 0 radical (unpaired) electrons. The SMILES string of the molecule is CCS(=O)(=O)N1CCC(NC(=O)CCCCBr)CC1. The summed E-state index contributed by atoms with van der Waals surface area (Å²) in [6, 6.07) is 0.125. The molecule has 1 aliphatic rings. The Morgan fingerprint density at radius 1 is 1.32 bits per heavy atom. The van der Waals surface area contributed by atoms with Crippen molar-refractivity contribution in [2.75, 3.05) is 24.2 Å². The van der Waals surface area contributed by atoms with Crippen LogP contribution in [0.3, 0.4) is 0 Å². The largest absolute Gasteiger partial charge is 0.353 e. The number of halogens is 1. The van der Waals surface area contributed by atoms with Gasteiger partial charge in [-0.1, -0.05) is 15.9 Å². The van der Waals surface area contributed by atoms with Crippen LogP contribution in [0.15, 0.2) is 0 Å². The van der Waals surface area contributed by atoms with Crippen molar-refractivity contribution in [1.82, 2.24) is 9.62 Å². The first-order valence-corrected chi connectivity index (χ1v) is 9.55. The molecule has 0 unspecified atom stereocenters. The number of piperidine rings is 1. The fourth-order valence-corrected chi connectivity index (χ4v) is 3.67. The second-order valence-electron chi connectivity index (χ2n) is 4.79. The van der Waals surface area contributed by atoms with Crippen LogP contribution in [0.1, 0.15) is 39.0 Å². The molecule has 0 aromatic heterocycles. The van der Waals surface area contributed by atoms with E-state index in [4.69, 9.17) is 0 Å². The normalized spacial score (nSPS) is 18.4. The van der Waals surface area contributed by atoms with Crippen molar-refractivity contribution < 1.29 is 13.2 Å². The first kappa shape index (κ1) is 16.9. The molecule has 19 heavy (non-hydrogen) atoms. The number of carbonyl (C=O) groups is 1. The molecule has 1 amide bonds. The highest BCUT2D eigenvalue weighted by molar-refractivity contribution is 9.09. The van der Waals surface area contributed by atoms with E-state index in [1.54, 1.807) is 6.92 Å². The Kier molecular flexibility index (Phi) is 7.31. The van der Waals surface area contributed by atoms with Crippen molar-refractivity contribution in [2.45, 2.75) is 45.1 Å². The minimum absolute atomic E-state index is 0.0812. The van der Waals surface area contributed by atoms with Gasteiger partial charge in [0.1, 0.15) is 0 Å². The molecule has 0 aliphatic carbocycles. The highest BCUT2D eigenvalue weighted by atomic mass is 79.9. The number of rotatable bonds is 7. The van der Waals surface area contributed by atoms with E-state index in [1.165, 1.54) is 4.31 Å². The van der Waals surface area contributed by atoms with E-state index >= 15 is 0 Å². The average molecular weight is 355 g/mol. The van der Waals surface area contributed by atoms with Crippen molar-refractivity contribution in [3.63, 3.8) is 0 Å². The van der Waals surface area contributed by atoms with Crippen LogP contribution in [0.5, 0.6) is 0 Å². The molecule has 0 aromatic carbocycles. The first-order chi connectivity index (χ1) is 8.99. The van der Waals surface area contributed by atoms with Crippen LogP contribution in [-0.4, -0.2) is 48.8 Å². The highest BCUT2D eigenvalue weighted by Crippen LogP contribution is 2.14. The monoisotopic (exact) mass is 354 g/mol. The average Bonchev–Trinajstić information content (AvgIpc) is 2.39. The molecule has 7 heteroatoms. The zero-order chi connectivity index (χ0) is 14.3. The predicted octanol–water partition coefficient (Wildman–Crippen LogP) is 1.48. The Bertz CT molecular complexity index is 378. The lowest BCUT2D eigenvalue weighted by atomic mass is 10.1. The van der Waals surface area contributed by atoms with Gasteiger partial charge in [0, 0.05) is 30.9 Å². The van der Waals surface area contributed by atoms with Gasteiger partial charge in [0.15, 0.2) is 0 Å². The quantitative estimate of drug-likeness (QED) is 0.556. The third kappa shape index (κ3) is 5.79. The molecule has 0 bridgehead atoms. The summed E-state index contributed by atoms with van der Waals surface area (Å²) in [6.07, 6.45) is 3.87. The molecule has 1 fully saturated rings. The van der Waals surface area contributed by atoms with Crippen LogP contribution in [0, 0.1) is 0 Å². The summed E-state index contributed by atoms with van der Waals surface area (Å²) in [4.78, 5) is 11.7. The molecule has 1 N–H and O–H groups in total. The maximum Gasteiger partial charge on any atom is 0.220 e. The van der Waals surface area contributed by atoms with Gasteiger partial charge in [0.05, 0.1) is 5.75 Å². The van der Waals surface area contributed by atoms with Crippen molar-refractivity contribution >= 4 is 31.9 Å². The van der Waals surface area contributed by atoms with E-state index in [0.717, 1.165) is 18.2 Å². The van der Waals surface area contributed by atoms with Crippen LogP contribution >= 0.6 is 15.9 Å². The molecule has 1 saturated heterocycles. The molecule has 1 rings (SSSR count). The second kappa shape index (κ2) is 8.21. The van der Waals surface area contributed by atoms with Crippen molar-refractivity contribution in [1.29, 1.82) is 0 Å². The Balaban J connectivity index is 2.28. The molecule has 0 saturated carbocycles. The number of carbonyl (C=O) groups excluding carboxylic acids is 1. The van der Waals surface area contributed by atoms with E-state index in [0.29, 0.717) is 32.4 Å². The van der Waals surface area contributed by atoms with E-state index in [2.05, 4.69) is 21.2 Å². The second-order valence-corrected chi connectivity index (χ2v) is 7.84. The van der Waals surface area contributed by atoms with Gasteiger partial charge in [0.25, 0.3) is 0 Å². The molecule has 5 nitrogen and oxygen atoms in total. The summed E-state index contributed by atoms with van der Waals surface area (Å²) in [5, 5.41) is 3.92. The van der Waals surface area contributed by atoms with Crippen LogP contribution in [-0.2, 0) is 14.8 Å². The maximum atomic E-state index is 11.7. The van der Waals surface area contributed by atoms with Gasteiger partial charge in [-0.05, 0) is 32.6 Å². The number of hydrogen-bond donors (Lipinski definition) is 1. The van der Waals surface area contributed by atoms with E-state index in [-0.39, 0.29) is 17.7 Å². The van der Waals surface area contributed by atoms with E-state index in [1.807, 2.05) is 0 Å². The minimum Gasteiger partial charge on any atom is -0.353 e. The zero-order valence-corrected chi connectivity index (χ0v) is 13.8. The van der Waals surface area contributed by atoms with Crippen molar-refractivity contribution in [3.05, 3.63) is 0 Å². The summed E-state index contributed by atoms with van der Waals surface area (Å²) in [7, 11) is -3.08. The van der Waals surface area contributed by atoms with Gasteiger partial charge in [-0.2, -0.15) is 0 Å². The molecular weight excluding hydrogens is 332 g/mol. The number of amides is 1. The zero-order valence-electron chi connectivity index (χ0n) is 11.4. The Morgan fingerprint density at radius 2 is 1.95 bits per heavy atom. The summed E-state index contributed by atoms with van der Waals surface area (Å²) >= 11 is 3.34. The highest BCUT2D eigenvalue weighted by Gasteiger charge is 2.27. The van der Waals surface area contributed by atoms with Gasteiger partial charge in [0.2, 0.25) is 15.9 Å². The van der Waals surface area contributed by atoms with Gasteiger partial charge < -0.3 is 5.32 Å². The fourth-order valence-electron chi connectivity index (χ4n) is 2.14. The van der Waals surface area contributed by atoms with Crippen LogP contribution < -0.4 is 5.32 Å². The summed E-state index contributed by atoms with van der Waals surface area (Å²) < 4.78 is 24.9. The lowest BCUT2D eigenvalue weighted by Crippen LogP contribution is -2.46. The molecule has 1 heterocycles. The van der Waals surface area contributed by atoms with Crippen molar-refractivity contribution in [3.8, 4) is 0 Å². The van der Waals surface area contributed by atoms with E-state index in [9.17, 15) is 13.2 Å². The van der Waals surface area contributed by atoms with Crippen LogP contribution in [0.4, 0.5) is 0 Å². The maximum absolute atomic E-state index is 11.7. The smallest absolute Gasteiger partial charge is 0.220 e. The fraction of sp³-hybridized carbons (Fsp3) is 0.917. The minimum atomic E-state index is -3.08. The number of sulfonamides is 1. The number of alkyl halides is 1. The van der Waals surface area contributed by atoms with Crippen LogP contribution in [0.2, 0.25) is 0 Å². The van der Waals surface area contributed by atoms with Gasteiger partial charge >= 0.3 is 0 Å². The van der Waals surface area contributed by atoms with E-state index < -0.39 is 10.0 Å². The Morgan fingerprint density at radius 3 is 2.47 bits per heavy atom. The lowest BCUT2D eigenvalue weighted by molar-refractivity contribution is -0.122. The number of nitrogens with one attached hydrogen (secondary N) is 1. The summed E-state index contributed by atoms with van der Waals surface area (Å²) in [5.74, 6) is 0.231. The van der Waals surface area contributed by atoms with Gasteiger partial charge in [-0.15, -0.1) is 0 Å². The van der Waals surface area contributed by atoms with Crippen LogP contribution in [0.25, 0.3) is 0 Å². The predicted molar refractivity (Wildman–Crippen MR) is 79.8 cm³/mol. The first-order valence-electron chi connectivity index (χ1n) is 6.82. The Hall–Kier alpha value is -0.140. The number of hydrogen-bond acceptors (Lipinski definition) is 3. The van der Waals surface area contributed by atoms with Gasteiger partial charge in [-0.25, -0.2) is 12.7 Å². The number of unbranched alkanes of at least 4 members (excludes halogenated alkanes) is 1. The Labute approximate surface area is 124 Å². The summed E-state index contributed by atoms with van der Waals surface area (Å²) in [6.45, 7) is 2.69. The third-order valence-electron chi connectivity index (χ3n) is 3.36. The molecule has 112 valence electrons. The topological polar surface area (TPSA) is 66.5 Å². The lowest BCUT2D eigenvalue weighted by Gasteiger charge is -2.31. The molecular formula is C12H23BrN2O3S. The molecule has 0 atom stereocenters. The standard InChI is InChI=1S/C12H23BrN2O3S/c1-2-19(17,18)15-9-6-11(7-10-15)14-12(16)5-3-4-8-13/h11H,2-10H2,1H3,(H,14,16). The van der Waals surface area contributed by atoms with Gasteiger partial charge in [-0.3, -0.25) is 4.79 Å². The summed E-state index contributed by atoms with van der Waals surface area (Å²) in [5.41, 5.74) is 0. The molecule has 1 aliphatic heterocycles. The molecule has 0 aromatic rings.